The summed E-state index contributed by atoms with van der Waals surface area (Å²) in [6, 6.07) is 14.7. The maximum Gasteiger partial charge on any atom is 0.408 e. The van der Waals surface area contributed by atoms with E-state index in [9.17, 15) is 14.9 Å². The molecule has 2 aromatic rings. The number of nitro groups is 1. The van der Waals surface area contributed by atoms with E-state index in [2.05, 4.69) is 5.32 Å². The predicted molar refractivity (Wildman–Crippen MR) is 96.5 cm³/mol. The number of fused-ring (bicyclic) bond motifs is 7. The number of piperidine rings is 1. The van der Waals surface area contributed by atoms with Gasteiger partial charge in [-0.1, -0.05) is 54.2 Å². The quantitative estimate of drug-likeness (QED) is 0.651. The fourth-order valence-electron chi connectivity index (χ4n) is 4.66. The zero-order valence-electron chi connectivity index (χ0n) is 14.2. The van der Waals surface area contributed by atoms with E-state index < -0.39 is 21.3 Å². The average molecular weight is 368 g/mol. The fraction of sp³-hybridized carbons (Fsp3) is 0.316. The van der Waals surface area contributed by atoms with Gasteiger partial charge in [-0.15, -0.1) is 0 Å². The van der Waals surface area contributed by atoms with Crippen LogP contribution in [0, 0.1) is 17.0 Å². The molecule has 0 unspecified atom stereocenters. The fourth-order valence-corrected chi connectivity index (χ4v) is 6.62. The second-order valence-electron chi connectivity index (χ2n) is 7.24. The Morgan fingerprint density at radius 3 is 2.65 bits per heavy atom. The first kappa shape index (κ1) is 15.7. The number of hydrogen-bond donors (Lipinski definition) is 1. The molecule has 0 aliphatic carbocycles. The summed E-state index contributed by atoms with van der Waals surface area (Å²) in [5.74, 6) is -0.361. The Labute approximate surface area is 154 Å². The van der Waals surface area contributed by atoms with E-state index in [1.165, 1.54) is 11.8 Å². The zero-order valence-corrected chi connectivity index (χ0v) is 15.0. The number of carbonyl (C=O) groups is 1. The Kier molecular flexibility index (Phi) is 2.77. The topological polar surface area (TPSA) is 81.5 Å². The third-order valence-corrected chi connectivity index (χ3v) is 7.53. The van der Waals surface area contributed by atoms with Crippen molar-refractivity contribution in [3.05, 3.63) is 75.3 Å². The maximum absolute atomic E-state index is 12.9. The summed E-state index contributed by atoms with van der Waals surface area (Å²) < 4.78 is 5.15. The van der Waals surface area contributed by atoms with E-state index in [1.54, 1.807) is 6.92 Å². The normalized spacial score (nSPS) is 36.2. The van der Waals surface area contributed by atoms with Gasteiger partial charge in [0.05, 0.1) is 4.92 Å². The van der Waals surface area contributed by atoms with E-state index in [0.717, 1.165) is 11.1 Å². The van der Waals surface area contributed by atoms with Gasteiger partial charge >= 0.3 is 5.72 Å². The number of aryl methyl sites for hydroxylation is 1. The van der Waals surface area contributed by atoms with Crippen LogP contribution in [-0.4, -0.2) is 21.3 Å². The molecule has 6 nitrogen and oxygen atoms in total. The van der Waals surface area contributed by atoms with E-state index in [0.29, 0.717) is 11.3 Å². The van der Waals surface area contributed by atoms with Crippen LogP contribution in [0.2, 0.25) is 0 Å². The number of amides is 1. The standard InChI is InChI=1S/C19H16N2O4S/c1-11-8-9-13-14(10-11)25-19(21(23)24)15(13)17(2)16(22)20-18(19,26-17)12-6-4-3-5-7-12/h3-10,15H,1-2H3,(H,20,22)/t15-,17+,18-,19-/m1/s1. The summed E-state index contributed by atoms with van der Waals surface area (Å²) in [5.41, 5.74) is 0.582. The van der Waals surface area contributed by atoms with Crippen LogP contribution in [0.25, 0.3) is 0 Å². The lowest BCUT2D eigenvalue weighted by Crippen LogP contribution is -2.68. The van der Waals surface area contributed by atoms with Gasteiger partial charge in [0.15, 0.2) is 0 Å². The molecule has 2 fully saturated rings. The summed E-state index contributed by atoms with van der Waals surface area (Å²) in [6.45, 7) is 3.70. The molecule has 7 heteroatoms. The number of carbonyl (C=O) groups excluding carboxylic acids is 1. The molecule has 1 N–H and O–H groups in total. The Bertz CT molecular complexity index is 981. The van der Waals surface area contributed by atoms with Gasteiger partial charge < -0.3 is 10.1 Å². The van der Waals surface area contributed by atoms with E-state index >= 15 is 0 Å². The van der Waals surface area contributed by atoms with Crippen molar-refractivity contribution >= 4 is 17.7 Å². The molecule has 0 spiro atoms. The molecule has 0 saturated carbocycles. The minimum atomic E-state index is -1.78. The molecule has 26 heavy (non-hydrogen) atoms. The molecule has 2 saturated heterocycles. The summed E-state index contributed by atoms with van der Waals surface area (Å²) in [5, 5.41) is 15.4. The lowest BCUT2D eigenvalue weighted by Gasteiger charge is -2.38. The largest absolute Gasteiger partial charge is 0.424 e. The lowest BCUT2D eigenvalue weighted by atomic mass is 9.72. The van der Waals surface area contributed by atoms with Crippen LogP contribution in [0.15, 0.2) is 48.5 Å². The maximum atomic E-state index is 12.9. The van der Waals surface area contributed by atoms with E-state index in [4.69, 9.17) is 4.74 Å². The highest BCUT2D eigenvalue weighted by Gasteiger charge is 2.89. The summed E-state index contributed by atoms with van der Waals surface area (Å²) in [6.07, 6.45) is 0. The Morgan fingerprint density at radius 1 is 1.23 bits per heavy atom. The molecule has 4 atom stereocenters. The van der Waals surface area contributed by atoms with Gasteiger partial charge in [-0.25, -0.2) is 0 Å². The van der Waals surface area contributed by atoms with Gasteiger partial charge in [0.2, 0.25) is 10.8 Å². The molecule has 132 valence electrons. The van der Waals surface area contributed by atoms with Crippen molar-refractivity contribution in [3.63, 3.8) is 0 Å². The first-order valence-electron chi connectivity index (χ1n) is 8.37. The summed E-state index contributed by atoms with van der Waals surface area (Å²) in [7, 11) is 0. The molecule has 2 bridgehead atoms. The predicted octanol–water partition coefficient (Wildman–Crippen LogP) is 2.93. The number of hydrogen-bond acceptors (Lipinski definition) is 5. The molecular formula is C19H16N2O4S. The van der Waals surface area contributed by atoms with Crippen molar-refractivity contribution in [2.45, 2.75) is 35.1 Å². The van der Waals surface area contributed by atoms with Gasteiger partial charge in [-0.05, 0) is 31.0 Å². The average Bonchev–Trinajstić information content (AvgIpc) is 3.17. The number of nitrogens with zero attached hydrogens (tertiary/aromatic N) is 1. The zero-order chi connectivity index (χ0) is 18.3. The highest BCUT2D eigenvalue weighted by Crippen LogP contribution is 2.74. The Hall–Kier alpha value is -2.54. The lowest BCUT2D eigenvalue weighted by molar-refractivity contribution is -0.627. The van der Waals surface area contributed by atoms with Crippen molar-refractivity contribution in [2.24, 2.45) is 0 Å². The van der Waals surface area contributed by atoms with Gasteiger partial charge in [-0.2, -0.15) is 0 Å². The van der Waals surface area contributed by atoms with Crippen molar-refractivity contribution in [2.75, 3.05) is 0 Å². The molecule has 3 aliphatic rings. The van der Waals surface area contributed by atoms with Crippen molar-refractivity contribution in [3.8, 4) is 5.75 Å². The first-order valence-corrected chi connectivity index (χ1v) is 9.19. The molecule has 5 rings (SSSR count). The third kappa shape index (κ3) is 1.50. The first-order chi connectivity index (χ1) is 12.3. The number of nitrogens with one attached hydrogen (secondary N) is 1. The molecule has 2 aromatic carbocycles. The van der Waals surface area contributed by atoms with Crippen LogP contribution in [0.5, 0.6) is 5.75 Å². The SMILES string of the molecule is Cc1ccc2c(c1)O[C@]1([N+](=O)[O-])[C@H]2[C@]2(C)S[C@@]1(c1ccccc1)NC2=O. The minimum absolute atomic E-state index is 0.189. The second-order valence-corrected chi connectivity index (χ2v) is 8.90. The van der Waals surface area contributed by atoms with Crippen molar-refractivity contribution in [1.82, 2.24) is 5.32 Å². The third-order valence-electron chi connectivity index (χ3n) is 5.75. The van der Waals surface area contributed by atoms with Crippen LogP contribution in [0.4, 0.5) is 0 Å². The van der Waals surface area contributed by atoms with Crippen LogP contribution < -0.4 is 10.1 Å². The van der Waals surface area contributed by atoms with Crippen molar-refractivity contribution in [1.29, 1.82) is 0 Å². The number of ether oxygens (including phenoxy) is 1. The highest BCUT2D eigenvalue weighted by atomic mass is 32.2. The van der Waals surface area contributed by atoms with Gasteiger partial charge in [0, 0.05) is 5.56 Å². The van der Waals surface area contributed by atoms with E-state index in [-0.39, 0.29) is 10.8 Å². The minimum Gasteiger partial charge on any atom is -0.424 e. The molecule has 3 aliphatic heterocycles. The molecular weight excluding hydrogens is 352 g/mol. The van der Waals surface area contributed by atoms with Crippen LogP contribution in [-0.2, 0) is 9.67 Å². The van der Waals surface area contributed by atoms with Gasteiger partial charge in [0.25, 0.3) is 0 Å². The monoisotopic (exact) mass is 368 g/mol. The molecule has 0 aromatic heterocycles. The van der Waals surface area contributed by atoms with Crippen LogP contribution >= 0.6 is 11.8 Å². The molecule has 1 amide bonds. The van der Waals surface area contributed by atoms with E-state index in [1.807, 2.05) is 55.5 Å². The summed E-state index contributed by atoms with van der Waals surface area (Å²) in [4.78, 5) is 23.8. The number of benzene rings is 2. The Morgan fingerprint density at radius 2 is 1.96 bits per heavy atom. The van der Waals surface area contributed by atoms with Crippen LogP contribution in [0.1, 0.15) is 29.5 Å². The smallest absolute Gasteiger partial charge is 0.408 e. The summed E-state index contributed by atoms with van der Waals surface area (Å²) >= 11 is 1.30. The highest BCUT2D eigenvalue weighted by molar-refractivity contribution is 8.03. The number of rotatable bonds is 2. The molecule has 3 heterocycles. The van der Waals surface area contributed by atoms with Gasteiger partial charge in [-0.3, -0.25) is 14.9 Å². The van der Waals surface area contributed by atoms with Crippen LogP contribution in [0.3, 0.4) is 0 Å². The molecule has 0 radical (unpaired) electrons. The number of thioether (sulfide) groups is 1. The second kappa shape index (κ2) is 4.59. The Balaban J connectivity index is 1.84. The van der Waals surface area contributed by atoms with Crippen molar-refractivity contribution < 1.29 is 14.5 Å². The van der Waals surface area contributed by atoms with Gasteiger partial charge in [0.1, 0.15) is 16.4 Å².